The molecule has 1 aliphatic rings. The van der Waals surface area contributed by atoms with E-state index in [0.717, 1.165) is 16.0 Å². The number of hydrogen-bond acceptors (Lipinski definition) is 8. The van der Waals surface area contributed by atoms with Crippen LogP contribution in [0.25, 0.3) is 11.0 Å². The summed E-state index contributed by atoms with van der Waals surface area (Å²) in [7, 11) is 2.97. The Labute approximate surface area is 205 Å². The second kappa shape index (κ2) is 8.66. The number of nitrogens with zero attached hydrogens (tertiary/aromatic N) is 2. The first-order valence-corrected chi connectivity index (χ1v) is 11.7. The normalized spacial score (nSPS) is 17.9. The molecule has 0 radical (unpaired) electrons. The fraction of sp³-hybridized carbons (Fsp3) is 0.231. The van der Waals surface area contributed by atoms with Gasteiger partial charge in [-0.15, -0.1) is 11.3 Å². The Morgan fingerprint density at radius 2 is 1.83 bits per heavy atom. The molecule has 178 valence electrons. The predicted octanol–water partition coefficient (Wildman–Crippen LogP) is 4.68. The number of anilines is 1. The summed E-state index contributed by atoms with van der Waals surface area (Å²) in [5.41, 5.74) is 1.73. The van der Waals surface area contributed by atoms with Crippen molar-refractivity contribution in [1.82, 2.24) is 4.98 Å². The minimum Gasteiger partial charge on any atom is -0.493 e. The van der Waals surface area contributed by atoms with Crippen LogP contribution in [0.2, 0.25) is 0 Å². The topological polar surface area (TPSA) is 98.9 Å². The van der Waals surface area contributed by atoms with Crippen LogP contribution >= 0.6 is 11.3 Å². The number of para-hydroxylation sites is 2. The van der Waals surface area contributed by atoms with Gasteiger partial charge in [-0.3, -0.25) is 19.3 Å². The molecule has 3 heterocycles. The second-order valence-corrected chi connectivity index (χ2v) is 9.38. The second-order valence-electron chi connectivity index (χ2n) is 8.20. The Balaban J connectivity index is 1.71. The molecule has 9 heteroatoms. The zero-order valence-electron chi connectivity index (χ0n) is 19.5. The predicted molar refractivity (Wildman–Crippen MR) is 130 cm³/mol. The molecule has 2 aromatic heterocycles. The van der Waals surface area contributed by atoms with Crippen LogP contribution in [0.15, 0.2) is 52.9 Å². The first kappa shape index (κ1) is 22.8. The van der Waals surface area contributed by atoms with Crippen molar-refractivity contribution in [2.24, 2.45) is 5.92 Å². The Kier molecular flexibility index (Phi) is 5.64. The van der Waals surface area contributed by atoms with Gasteiger partial charge in [0.25, 0.3) is 5.91 Å². The van der Waals surface area contributed by atoms with Crippen molar-refractivity contribution in [2.75, 3.05) is 19.1 Å². The molecule has 4 aromatic rings. The number of hydrogen-bond donors (Lipinski definition) is 0. The van der Waals surface area contributed by atoms with Gasteiger partial charge in [0.05, 0.1) is 26.0 Å². The zero-order valence-corrected chi connectivity index (χ0v) is 20.3. The number of benzene rings is 2. The molecule has 2 aromatic carbocycles. The highest BCUT2D eigenvalue weighted by Gasteiger charge is 2.55. The third-order valence-corrected chi connectivity index (χ3v) is 7.30. The highest BCUT2D eigenvalue weighted by Crippen LogP contribution is 2.47. The highest BCUT2D eigenvalue weighted by molar-refractivity contribution is 7.16. The SMILES string of the molecule is COc1cccc(C2C(C(=O)c3cc4ccccc4o3)C(=O)C(=O)N2c2nc(C)c(C)s2)c1OC. The third-order valence-electron chi connectivity index (χ3n) is 6.23. The van der Waals surface area contributed by atoms with Crippen molar-refractivity contribution in [1.29, 1.82) is 0 Å². The summed E-state index contributed by atoms with van der Waals surface area (Å²) in [6, 6.07) is 12.9. The molecule has 2 unspecified atom stereocenters. The Hall–Kier alpha value is -3.98. The summed E-state index contributed by atoms with van der Waals surface area (Å²) < 4.78 is 16.8. The summed E-state index contributed by atoms with van der Waals surface area (Å²) in [5.74, 6) is -2.80. The fourth-order valence-corrected chi connectivity index (χ4v) is 5.36. The lowest BCUT2D eigenvalue weighted by molar-refractivity contribution is -0.135. The van der Waals surface area contributed by atoms with Crippen LogP contribution in [0.3, 0.4) is 0 Å². The van der Waals surface area contributed by atoms with Gasteiger partial charge in [-0.25, -0.2) is 4.98 Å². The largest absolute Gasteiger partial charge is 0.493 e. The molecule has 0 bridgehead atoms. The van der Waals surface area contributed by atoms with Crippen molar-refractivity contribution in [2.45, 2.75) is 19.9 Å². The number of fused-ring (bicyclic) bond motifs is 1. The number of carbonyl (C=O) groups excluding carboxylic acids is 3. The third kappa shape index (κ3) is 3.59. The molecule has 0 saturated carbocycles. The lowest BCUT2D eigenvalue weighted by atomic mass is 9.87. The van der Waals surface area contributed by atoms with Crippen LogP contribution in [-0.2, 0) is 9.59 Å². The molecule has 1 saturated heterocycles. The first-order chi connectivity index (χ1) is 16.8. The number of ether oxygens (including phenoxy) is 2. The van der Waals surface area contributed by atoms with Crippen LogP contribution in [0.1, 0.15) is 32.7 Å². The lowest BCUT2D eigenvalue weighted by Gasteiger charge is -2.26. The van der Waals surface area contributed by atoms with Gasteiger partial charge >= 0.3 is 0 Å². The van der Waals surface area contributed by atoms with Crippen molar-refractivity contribution in [3.05, 3.63) is 70.4 Å². The van der Waals surface area contributed by atoms with Gasteiger partial charge in [-0.05, 0) is 32.0 Å². The molecule has 1 fully saturated rings. The van der Waals surface area contributed by atoms with E-state index >= 15 is 0 Å². The number of thiazole rings is 1. The number of carbonyl (C=O) groups is 3. The number of methoxy groups -OCH3 is 2. The molecule has 1 amide bonds. The Bertz CT molecular complexity index is 1430. The maximum Gasteiger partial charge on any atom is 0.297 e. The van der Waals surface area contributed by atoms with Gasteiger partial charge < -0.3 is 13.9 Å². The average Bonchev–Trinajstić information content (AvgIpc) is 3.52. The van der Waals surface area contributed by atoms with Crippen LogP contribution in [-0.4, -0.2) is 36.7 Å². The van der Waals surface area contributed by atoms with Gasteiger partial charge in [0, 0.05) is 15.8 Å². The number of Topliss-reactive ketones (excluding diaryl/α,β-unsaturated/α-hetero) is 2. The van der Waals surface area contributed by atoms with Crippen molar-refractivity contribution in [3.63, 3.8) is 0 Å². The van der Waals surface area contributed by atoms with Crippen LogP contribution in [0, 0.1) is 19.8 Å². The van der Waals surface area contributed by atoms with E-state index in [1.54, 1.807) is 36.4 Å². The summed E-state index contributed by atoms with van der Waals surface area (Å²) >= 11 is 1.29. The zero-order chi connectivity index (χ0) is 24.9. The summed E-state index contributed by atoms with van der Waals surface area (Å²) in [5, 5.41) is 1.07. The number of ketones is 2. The maximum absolute atomic E-state index is 13.8. The Morgan fingerprint density at radius 1 is 1.06 bits per heavy atom. The van der Waals surface area contributed by atoms with Crippen LogP contribution < -0.4 is 14.4 Å². The molecule has 0 spiro atoms. The van der Waals surface area contributed by atoms with Gasteiger partial charge in [0.15, 0.2) is 22.4 Å². The van der Waals surface area contributed by atoms with Crippen LogP contribution in [0.4, 0.5) is 5.13 Å². The number of furan rings is 1. The van der Waals surface area contributed by atoms with Crippen molar-refractivity contribution < 1.29 is 28.3 Å². The number of aryl methyl sites for hydroxylation is 2. The van der Waals surface area contributed by atoms with Crippen molar-refractivity contribution >= 4 is 44.9 Å². The highest BCUT2D eigenvalue weighted by atomic mass is 32.1. The molecule has 2 atom stereocenters. The lowest BCUT2D eigenvalue weighted by Crippen LogP contribution is -2.31. The molecule has 0 aliphatic carbocycles. The average molecular weight is 491 g/mol. The van der Waals surface area contributed by atoms with Gasteiger partial charge in [0.1, 0.15) is 11.5 Å². The van der Waals surface area contributed by atoms with E-state index in [4.69, 9.17) is 13.9 Å². The van der Waals surface area contributed by atoms with E-state index in [1.165, 1.54) is 30.5 Å². The van der Waals surface area contributed by atoms with Gasteiger partial charge in [0.2, 0.25) is 11.6 Å². The first-order valence-electron chi connectivity index (χ1n) is 10.9. The number of amides is 1. The summed E-state index contributed by atoms with van der Waals surface area (Å²) in [6.07, 6.45) is 0. The smallest absolute Gasteiger partial charge is 0.297 e. The number of rotatable bonds is 6. The fourth-order valence-electron chi connectivity index (χ4n) is 4.42. The minimum atomic E-state index is -1.35. The van der Waals surface area contributed by atoms with E-state index < -0.39 is 29.4 Å². The molecular formula is C26H22N2O6S. The van der Waals surface area contributed by atoms with Gasteiger partial charge in [-0.2, -0.15) is 0 Å². The minimum absolute atomic E-state index is 0.0116. The van der Waals surface area contributed by atoms with Gasteiger partial charge in [-0.1, -0.05) is 30.3 Å². The van der Waals surface area contributed by atoms with E-state index in [9.17, 15) is 14.4 Å². The maximum atomic E-state index is 13.8. The molecule has 1 aliphatic heterocycles. The Morgan fingerprint density at radius 3 is 2.49 bits per heavy atom. The number of aromatic nitrogens is 1. The molecule has 5 rings (SSSR count). The summed E-state index contributed by atoms with van der Waals surface area (Å²) in [4.78, 5) is 47.3. The van der Waals surface area contributed by atoms with E-state index in [0.29, 0.717) is 27.8 Å². The standard InChI is InChI=1S/C26H22N2O6S/c1-13-14(2)35-26(27-13)28-21(16-9-7-11-18(32-3)24(16)33-4)20(23(30)25(28)31)22(29)19-12-15-8-5-6-10-17(15)34-19/h5-12,20-21H,1-4H3. The van der Waals surface area contributed by atoms with Crippen molar-refractivity contribution in [3.8, 4) is 11.5 Å². The molecule has 35 heavy (non-hydrogen) atoms. The summed E-state index contributed by atoms with van der Waals surface area (Å²) in [6.45, 7) is 3.72. The molecular weight excluding hydrogens is 468 g/mol. The molecule has 8 nitrogen and oxygen atoms in total. The van der Waals surface area contributed by atoms with E-state index in [2.05, 4.69) is 4.98 Å². The molecule has 0 N–H and O–H groups in total. The van der Waals surface area contributed by atoms with Crippen LogP contribution in [0.5, 0.6) is 11.5 Å². The quantitative estimate of drug-likeness (QED) is 0.220. The van der Waals surface area contributed by atoms with E-state index in [-0.39, 0.29) is 5.76 Å². The monoisotopic (exact) mass is 490 g/mol. The van der Waals surface area contributed by atoms with E-state index in [1.807, 2.05) is 26.0 Å².